The van der Waals surface area contributed by atoms with E-state index in [0.29, 0.717) is 0 Å². The van der Waals surface area contributed by atoms with Gasteiger partial charge in [0.25, 0.3) is 0 Å². The number of hydrogen-bond acceptors (Lipinski definition) is 2. The lowest BCUT2D eigenvalue weighted by atomic mass is 9.70. The summed E-state index contributed by atoms with van der Waals surface area (Å²) < 4.78 is 0. The highest BCUT2D eigenvalue weighted by atomic mass is 15.2. The summed E-state index contributed by atoms with van der Waals surface area (Å²) in [5, 5.41) is 2.84. The summed E-state index contributed by atoms with van der Waals surface area (Å²) in [5.41, 5.74) is 4.71. The van der Waals surface area contributed by atoms with Crippen LogP contribution in [-0.2, 0) is 18.4 Å². The molecule has 2 saturated heterocycles. The highest BCUT2D eigenvalue weighted by molar-refractivity contribution is 5.86. The summed E-state index contributed by atoms with van der Waals surface area (Å²) in [5.74, 6) is 0.830. The molecule has 4 aromatic carbocycles. The second-order valence-corrected chi connectivity index (χ2v) is 11.8. The molecule has 0 radical (unpaired) electrons. The van der Waals surface area contributed by atoms with Crippen LogP contribution in [0.15, 0.2) is 103 Å². The fourth-order valence-electron chi connectivity index (χ4n) is 7.18. The zero-order valence-electron chi connectivity index (χ0n) is 22.8. The van der Waals surface area contributed by atoms with Crippen LogP contribution in [0.3, 0.4) is 0 Å². The molecule has 0 amide bonds. The van der Waals surface area contributed by atoms with Gasteiger partial charge in [0, 0.05) is 18.5 Å². The molecule has 2 heteroatoms. The largest absolute Gasteiger partial charge is 0.303 e. The van der Waals surface area contributed by atoms with Gasteiger partial charge >= 0.3 is 0 Å². The van der Waals surface area contributed by atoms with Gasteiger partial charge < -0.3 is 4.90 Å². The van der Waals surface area contributed by atoms with Crippen molar-refractivity contribution in [3.63, 3.8) is 0 Å². The summed E-state index contributed by atoms with van der Waals surface area (Å²) >= 11 is 0. The van der Waals surface area contributed by atoms with Gasteiger partial charge in [0.1, 0.15) is 0 Å². The average Bonchev–Trinajstić information content (AvgIpc) is 2.98. The summed E-state index contributed by atoms with van der Waals surface area (Å²) in [7, 11) is 0. The van der Waals surface area contributed by atoms with Crippen LogP contribution in [0.25, 0.3) is 10.8 Å². The molecule has 0 saturated carbocycles. The van der Waals surface area contributed by atoms with Gasteiger partial charge in [0.15, 0.2) is 0 Å². The maximum absolute atomic E-state index is 2.77. The van der Waals surface area contributed by atoms with Crippen LogP contribution < -0.4 is 0 Å². The molecule has 6 rings (SSSR count). The van der Waals surface area contributed by atoms with Crippen molar-refractivity contribution >= 4 is 10.8 Å². The minimum Gasteiger partial charge on any atom is -0.303 e. The molecule has 4 aromatic rings. The minimum atomic E-state index is 0.203. The van der Waals surface area contributed by atoms with E-state index in [-0.39, 0.29) is 5.41 Å². The van der Waals surface area contributed by atoms with E-state index in [1.165, 1.54) is 86.6 Å². The monoisotopic (exact) mass is 502 g/mol. The van der Waals surface area contributed by atoms with Crippen LogP contribution in [0.2, 0.25) is 0 Å². The normalized spacial score (nSPS) is 21.6. The third-order valence-electron chi connectivity index (χ3n) is 9.25. The first-order valence-electron chi connectivity index (χ1n) is 14.8. The topological polar surface area (TPSA) is 6.48 Å². The SMILES string of the molecule is c1ccc(CC2CCN(CCC3(c4cccc5ccccc45)CCCN(Cc4ccccc4)C3)CC2)cc1. The zero-order valence-corrected chi connectivity index (χ0v) is 22.8. The smallest absolute Gasteiger partial charge is 0.0234 e. The van der Waals surface area contributed by atoms with Gasteiger partial charge in [0.2, 0.25) is 0 Å². The van der Waals surface area contributed by atoms with Crippen molar-refractivity contribution in [1.82, 2.24) is 9.80 Å². The van der Waals surface area contributed by atoms with Gasteiger partial charge in [-0.3, -0.25) is 4.90 Å². The van der Waals surface area contributed by atoms with E-state index in [1.807, 2.05) is 0 Å². The van der Waals surface area contributed by atoms with Crippen molar-refractivity contribution in [1.29, 1.82) is 0 Å². The van der Waals surface area contributed by atoms with E-state index < -0.39 is 0 Å². The predicted octanol–water partition coefficient (Wildman–Crippen LogP) is 7.72. The Balaban J connectivity index is 1.19. The van der Waals surface area contributed by atoms with Crippen molar-refractivity contribution in [2.75, 3.05) is 32.7 Å². The molecule has 2 aliphatic heterocycles. The molecule has 2 aliphatic rings. The number of hydrogen-bond donors (Lipinski definition) is 0. The maximum Gasteiger partial charge on any atom is 0.0234 e. The first-order valence-corrected chi connectivity index (χ1v) is 14.8. The average molecular weight is 503 g/mol. The van der Waals surface area contributed by atoms with Gasteiger partial charge in [-0.05, 0) is 98.1 Å². The molecule has 0 N–H and O–H groups in total. The Morgan fingerprint density at radius 3 is 2.13 bits per heavy atom. The van der Waals surface area contributed by atoms with E-state index >= 15 is 0 Å². The number of benzene rings is 4. The van der Waals surface area contributed by atoms with Crippen molar-refractivity contribution < 1.29 is 0 Å². The Morgan fingerprint density at radius 1 is 0.658 bits per heavy atom. The van der Waals surface area contributed by atoms with E-state index in [0.717, 1.165) is 19.0 Å². The van der Waals surface area contributed by atoms with Gasteiger partial charge in [-0.2, -0.15) is 0 Å². The number of nitrogens with zero attached hydrogens (tertiary/aromatic N) is 2. The highest BCUT2D eigenvalue weighted by Gasteiger charge is 2.38. The second-order valence-electron chi connectivity index (χ2n) is 11.8. The molecule has 1 atom stereocenters. The van der Waals surface area contributed by atoms with Crippen LogP contribution in [0.4, 0.5) is 0 Å². The molecular weight excluding hydrogens is 460 g/mol. The Labute approximate surface area is 229 Å². The lowest BCUT2D eigenvalue weighted by Gasteiger charge is -2.45. The standard InChI is InChI=1S/C36H42N2/c1-3-11-30(12-4-1)27-31-19-24-37(25-20-31)26-22-36(35-18-9-16-33-15-7-8-17-34(33)35)21-10-23-38(29-36)28-32-13-5-2-6-14-32/h1-9,11-18,31H,10,19-29H2. The van der Waals surface area contributed by atoms with Crippen LogP contribution in [-0.4, -0.2) is 42.5 Å². The van der Waals surface area contributed by atoms with Crippen LogP contribution >= 0.6 is 0 Å². The zero-order chi connectivity index (χ0) is 25.6. The molecule has 2 nitrogen and oxygen atoms in total. The van der Waals surface area contributed by atoms with E-state index in [2.05, 4.69) is 113 Å². The lowest BCUT2D eigenvalue weighted by molar-refractivity contribution is 0.109. The minimum absolute atomic E-state index is 0.203. The van der Waals surface area contributed by atoms with Crippen LogP contribution in [0.5, 0.6) is 0 Å². The van der Waals surface area contributed by atoms with Crippen LogP contribution in [0, 0.1) is 5.92 Å². The van der Waals surface area contributed by atoms with Crippen molar-refractivity contribution in [3.05, 3.63) is 120 Å². The predicted molar refractivity (Wildman–Crippen MR) is 161 cm³/mol. The summed E-state index contributed by atoms with van der Waals surface area (Å²) in [6, 6.07) is 38.2. The Kier molecular flexibility index (Phi) is 7.90. The van der Waals surface area contributed by atoms with Crippen molar-refractivity contribution in [2.45, 2.75) is 50.5 Å². The first kappa shape index (κ1) is 25.3. The van der Waals surface area contributed by atoms with Gasteiger partial charge in [-0.15, -0.1) is 0 Å². The number of likely N-dealkylation sites (tertiary alicyclic amines) is 2. The van der Waals surface area contributed by atoms with Crippen molar-refractivity contribution in [3.8, 4) is 0 Å². The summed E-state index contributed by atoms with van der Waals surface area (Å²) in [4.78, 5) is 5.50. The summed E-state index contributed by atoms with van der Waals surface area (Å²) in [6.45, 7) is 7.11. The number of fused-ring (bicyclic) bond motifs is 1. The molecule has 38 heavy (non-hydrogen) atoms. The van der Waals surface area contributed by atoms with Gasteiger partial charge in [-0.1, -0.05) is 103 Å². The number of rotatable bonds is 8. The van der Waals surface area contributed by atoms with Crippen molar-refractivity contribution in [2.24, 2.45) is 5.92 Å². The Hall–Kier alpha value is -2.94. The van der Waals surface area contributed by atoms with Gasteiger partial charge in [-0.25, -0.2) is 0 Å². The van der Waals surface area contributed by atoms with Gasteiger partial charge in [0.05, 0.1) is 0 Å². The Bertz CT molecular complexity index is 1290. The first-order chi connectivity index (χ1) is 18.8. The number of piperidine rings is 2. The molecule has 1 unspecified atom stereocenters. The molecule has 0 aliphatic carbocycles. The highest BCUT2D eigenvalue weighted by Crippen LogP contribution is 2.41. The van der Waals surface area contributed by atoms with E-state index in [4.69, 9.17) is 0 Å². The molecular formula is C36H42N2. The molecule has 0 bridgehead atoms. The molecule has 2 fully saturated rings. The van der Waals surface area contributed by atoms with E-state index in [1.54, 1.807) is 5.56 Å². The van der Waals surface area contributed by atoms with E-state index in [9.17, 15) is 0 Å². The molecule has 0 spiro atoms. The summed E-state index contributed by atoms with van der Waals surface area (Å²) in [6.07, 6.45) is 7.71. The molecule has 0 aromatic heterocycles. The fraction of sp³-hybridized carbons (Fsp3) is 0.389. The molecule has 196 valence electrons. The fourth-order valence-corrected chi connectivity index (χ4v) is 7.18. The maximum atomic E-state index is 2.77. The Morgan fingerprint density at radius 2 is 1.34 bits per heavy atom. The molecule has 2 heterocycles. The van der Waals surface area contributed by atoms with Crippen LogP contribution in [0.1, 0.15) is 48.8 Å². The lowest BCUT2D eigenvalue weighted by Crippen LogP contribution is -2.48. The third kappa shape index (κ3) is 5.87. The quantitative estimate of drug-likeness (QED) is 0.243. The second kappa shape index (κ2) is 11.8. The third-order valence-corrected chi connectivity index (χ3v) is 9.25.